The maximum absolute atomic E-state index is 12.3. The number of nitro benzene ring substituents is 1. The van der Waals surface area contributed by atoms with Crippen LogP contribution in [0.15, 0.2) is 18.2 Å². The molecule has 1 aromatic rings. The first-order chi connectivity index (χ1) is 9.24. The zero-order valence-electron chi connectivity index (χ0n) is 11.8. The van der Waals surface area contributed by atoms with Crippen molar-refractivity contribution in [3.63, 3.8) is 0 Å². The van der Waals surface area contributed by atoms with Crippen molar-refractivity contribution in [2.75, 3.05) is 20.0 Å². The fourth-order valence-electron chi connectivity index (χ4n) is 1.52. The van der Waals surface area contributed by atoms with Gasteiger partial charge < -0.3 is 9.64 Å². The summed E-state index contributed by atoms with van der Waals surface area (Å²) in [5.74, 6) is 0.0566. The second-order valence-corrected chi connectivity index (χ2v) is 5.22. The van der Waals surface area contributed by atoms with Gasteiger partial charge in [-0.2, -0.15) is 0 Å². The molecule has 0 unspecified atom stereocenters. The number of benzene rings is 1. The second-order valence-electron chi connectivity index (χ2n) is 4.95. The molecular weight excluding hydrogens is 284 g/mol. The van der Waals surface area contributed by atoms with Crippen molar-refractivity contribution in [2.45, 2.75) is 19.4 Å². The monoisotopic (exact) mass is 300 g/mol. The smallest absolute Gasteiger partial charge is 0.310 e. The van der Waals surface area contributed by atoms with E-state index >= 15 is 0 Å². The van der Waals surface area contributed by atoms with Gasteiger partial charge in [0.2, 0.25) is 0 Å². The van der Waals surface area contributed by atoms with E-state index in [9.17, 15) is 14.9 Å². The molecule has 0 radical (unpaired) electrons. The van der Waals surface area contributed by atoms with Gasteiger partial charge in [-0.3, -0.25) is 14.9 Å². The van der Waals surface area contributed by atoms with Gasteiger partial charge in [-0.15, -0.1) is 11.6 Å². The van der Waals surface area contributed by atoms with E-state index in [0.717, 1.165) is 0 Å². The van der Waals surface area contributed by atoms with Gasteiger partial charge in [-0.25, -0.2) is 0 Å². The Morgan fingerprint density at radius 1 is 1.50 bits per heavy atom. The van der Waals surface area contributed by atoms with Gasteiger partial charge in [0.1, 0.15) is 0 Å². The number of halogens is 1. The Balaban J connectivity index is 3.15. The number of hydrogen-bond acceptors (Lipinski definition) is 4. The number of nitro groups is 1. The SMILES string of the molecule is COc1cc(C(=O)N(C)C(C)(C)CCl)ccc1[N+](=O)[O-]. The third-order valence-electron chi connectivity index (χ3n) is 3.16. The minimum absolute atomic E-state index is 0.0536. The van der Waals surface area contributed by atoms with Crippen LogP contribution in [0.1, 0.15) is 24.2 Å². The van der Waals surface area contributed by atoms with Gasteiger partial charge in [0.15, 0.2) is 5.75 Å². The van der Waals surface area contributed by atoms with Crippen LogP contribution in [0.2, 0.25) is 0 Å². The molecule has 110 valence electrons. The number of methoxy groups -OCH3 is 1. The Kier molecular flexibility index (Phi) is 4.94. The van der Waals surface area contributed by atoms with Crippen LogP contribution in [0.25, 0.3) is 0 Å². The Morgan fingerprint density at radius 3 is 2.55 bits per heavy atom. The van der Waals surface area contributed by atoms with Crippen LogP contribution in [0.3, 0.4) is 0 Å². The molecule has 0 bridgehead atoms. The zero-order valence-corrected chi connectivity index (χ0v) is 12.6. The van der Waals surface area contributed by atoms with Crippen LogP contribution >= 0.6 is 11.6 Å². The molecule has 20 heavy (non-hydrogen) atoms. The fourth-order valence-corrected chi connectivity index (χ4v) is 1.70. The van der Waals surface area contributed by atoms with Gasteiger partial charge in [0.25, 0.3) is 5.91 Å². The molecule has 1 rings (SSSR count). The molecule has 1 aromatic carbocycles. The van der Waals surface area contributed by atoms with Crippen molar-refractivity contribution < 1.29 is 14.5 Å². The Hall–Kier alpha value is -1.82. The van der Waals surface area contributed by atoms with Crippen LogP contribution in [-0.4, -0.2) is 41.3 Å². The van der Waals surface area contributed by atoms with E-state index in [0.29, 0.717) is 5.56 Å². The van der Waals surface area contributed by atoms with Crippen LogP contribution in [0.4, 0.5) is 5.69 Å². The molecule has 6 nitrogen and oxygen atoms in total. The average Bonchev–Trinajstić information content (AvgIpc) is 2.44. The van der Waals surface area contributed by atoms with E-state index in [1.165, 1.54) is 30.2 Å². The van der Waals surface area contributed by atoms with Gasteiger partial charge in [-0.1, -0.05) is 0 Å². The summed E-state index contributed by atoms with van der Waals surface area (Å²) in [5, 5.41) is 10.8. The maximum atomic E-state index is 12.3. The second kappa shape index (κ2) is 6.09. The van der Waals surface area contributed by atoms with Crippen molar-refractivity contribution in [1.29, 1.82) is 0 Å². The topological polar surface area (TPSA) is 72.7 Å². The quantitative estimate of drug-likeness (QED) is 0.476. The van der Waals surface area contributed by atoms with Gasteiger partial charge in [0.05, 0.1) is 17.6 Å². The summed E-state index contributed by atoms with van der Waals surface area (Å²) in [6.07, 6.45) is 0. The van der Waals surface area contributed by atoms with Gasteiger partial charge >= 0.3 is 5.69 Å². The lowest BCUT2D eigenvalue weighted by Crippen LogP contribution is -2.46. The van der Waals surface area contributed by atoms with E-state index in [-0.39, 0.29) is 23.2 Å². The highest BCUT2D eigenvalue weighted by molar-refractivity contribution is 6.18. The van der Waals surface area contributed by atoms with Crippen molar-refractivity contribution in [3.8, 4) is 5.75 Å². The van der Waals surface area contributed by atoms with E-state index in [1.807, 2.05) is 13.8 Å². The molecule has 0 aliphatic rings. The lowest BCUT2D eigenvalue weighted by Gasteiger charge is -2.34. The van der Waals surface area contributed by atoms with Crippen LogP contribution < -0.4 is 4.74 Å². The van der Waals surface area contributed by atoms with Gasteiger partial charge in [-0.05, 0) is 19.9 Å². The predicted molar refractivity (Wildman–Crippen MR) is 76.5 cm³/mol. The molecule has 0 aromatic heterocycles. The van der Waals surface area contributed by atoms with E-state index in [1.54, 1.807) is 7.05 Å². The fraction of sp³-hybridized carbons (Fsp3) is 0.462. The van der Waals surface area contributed by atoms with Crippen molar-refractivity contribution in [1.82, 2.24) is 4.90 Å². The minimum atomic E-state index is -0.556. The number of amides is 1. The number of ether oxygens (including phenoxy) is 1. The molecule has 0 spiro atoms. The summed E-state index contributed by atoms with van der Waals surface area (Å²) in [7, 11) is 2.96. The Bertz CT molecular complexity index is 531. The maximum Gasteiger partial charge on any atom is 0.310 e. The number of rotatable bonds is 5. The molecule has 0 saturated heterocycles. The first-order valence-corrected chi connectivity index (χ1v) is 6.44. The molecule has 7 heteroatoms. The predicted octanol–water partition coefficient (Wildman–Crippen LogP) is 2.69. The summed E-state index contributed by atoms with van der Waals surface area (Å²) in [4.78, 5) is 24.1. The largest absolute Gasteiger partial charge is 0.490 e. The number of alkyl halides is 1. The minimum Gasteiger partial charge on any atom is -0.490 e. The molecular formula is C13H17ClN2O4. The third-order valence-corrected chi connectivity index (χ3v) is 3.82. The molecule has 0 N–H and O–H groups in total. The summed E-state index contributed by atoms with van der Waals surface area (Å²) < 4.78 is 4.95. The standard InChI is InChI=1S/C13H17ClN2O4/c1-13(2,8-14)15(3)12(17)9-5-6-10(16(18)19)11(7-9)20-4/h5-7H,8H2,1-4H3. The highest BCUT2D eigenvalue weighted by atomic mass is 35.5. The summed E-state index contributed by atoms with van der Waals surface area (Å²) >= 11 is 5.84. The van der Waals surface area contributed by atoms with Crippen molar-refractivity contribution in [2.24, 2.45) is 0 Å². The number of carbonyl (C=O) groups is 1. The van der Waals surface area contributed by atoms with Crippen LogP contribution in [-0.2, 0) is 0 Å². The first-order valence-electron chi connectivity index (χ1n) is 5.91. The zero-order chi connectivity index (χ0) is 15.5. The molecule has 0 aliphatic heterocycles. The van der Waals surface area contributed by atoms with Crippen molar-refractivity contribution >= 4 is 23.2 Å². The average molecular weight is 301 g/mol. The van der Waals surface area contributed by atoms with E-state index in [4.69, 9.17) is 16.3 Å². The first kappa shape index (κ1) is 16.2. The number of carbonyl (C=O) groups excluding carboxylic acids is 1. The van der Waals surface area contributed by atoms with E-state index < -0.39 is 10.5 Å². The molecule has 1 amide bonds. The van der Waals surface area contributed by atoms with Gasteiger partial charge in [0, 0.05) is 30.6 Å². The molecule has 0 atom stereocenters. The van der Waals surface area contributed by atoms with E-state index in [2.05, 4.69) is 0 Å². The Labute approximate surface area is 122 Å². The lowest BCUT2D eigenvalue weighted by molar-refractivity contribution is -0.385. The normalized spacial score (nSPS) is 11.1. The molecule has 0 fully saturated rings. The summed E-state index contributed by atoms with van der Waals surface area (Å²) in [6.45, 7) is 3.67. The summed E-state index contributed by atoms with van der Waals surface area (Å²) in [5.41, 5.74) is -0.385. The van der Waals surface area contributed by atoms with Crippen molar-refractivity contribution in [3.05, 3.63) is 33.9 Å². The highest BCUT2D eigenvalue weighted by Crippen LogP contribution is 2.28. The number of nitrogens with zero attached hydrogens (tertiary/aromatic N) is 2. The summed E-state index contributed by atoms with van der Waals surface area (Å²) in [6, 6.07) is 4.03. The third kappa shape index (κ3) is 3.19. The highest BCUT2D eigenvalue weighted by Gasteiger charge is 2.28. The lowest BCUT2D eigenvalue weighted by atomic mass is 10.0. The molecule has 0 aliphatic carbocycles. The molecule has 0 heterocycles. The van der Waals surface area contributed by atoms with Crippen LogP contribution in [0, 0.1) is 10.1 Å². The molecule has 0 saturated carbocycles. The Morgan fingerprint density at radius 2 is 2.10 bits per heavy atom. The van der Waals surface area contributed by atoms with Crippen LogP contribution in [0.5, 0.6) is 5.75 Å². The number of hydrogen-bond donors (Lipinski definition) is 0.